The maximum absolute atomic E-state index is 12.1. The monoisotopic (exact) mass is 269 g/mol. The van der Waals surface area contributed by atoms with Crippen LogP contribution in [0.1, 0.15) is 27.7 Å². The predicted molar refractivity (Wildman–Crippen MR) is 65.9 cm³/mol. The number of ketones is 1. The van der Waals surface area contributed by atoms with Gasteiger partial charge in [0.15, 0.2) is 5.78 Å². The van der Waals surface area contributed by atoms with Gasteiger partial charge in [-0.05, 0) is 13.8 Å². The minimum absolute atomic E-state index is 0.369. The van der Waals surface area contributed by atoms with E-state index in [4.69, 9.17) is 0 Å². The first-order valence-corrected chi connectivity index (χ1v) is 6.11. The molecule has 0 spiro atoms. The van der Waals surface area contributed by atoms with E-state index in [1.807, 2.05) is 0 Å². The van der Waals surface area contributed by atoms with E-state index in [1.165, 1.54) is 21.0 Å². The molecule has 1 aliphatic rings. The normalized spacial score (nSPS) is 23.7. The van der Waals surface area contributed by atoms with Gasteiger partial charge in [0.05, 0.1) is 13.7 Å². The number of carbonyl (C=O) groups excluding carboxylic acids is 4. The molecule has 2 amide bonds. The molecule has 0 radical (unpaired) electrons. The molecule has 0 N–H and O–H groups in total. The Morgan fingerprint density at radius 1 is 1.16 bits per heavy atom. The maximum Gasteiger partial charge on any atom is 0.318 e. The molecule has 6 nitrogen and oxygen atoms in total. The molecular weight excluding hydrogens is 250 g/mol. The van der Waals surface area contributed by atoms with Gasteiger partial charge >= 0.3 is 5.97 Å². The van der Waals surface area contributed by atoms with Crippen molar-refractivity contribution in [1.82, 2.24) is 4.90 Å². The average molecular weight is 269 g/mol. The van der Waals surface area contributed by atoms with Crippen molar-refractivity contribution < 1.29 is 23.9 Å². The Morgan fingerprint density at radius 2 is 1.58 bits per heavy atom. The number of amides is 2. The van der Waals surface area contributed by atoms with Crippen molar-refractivity contribution in [2.45, 2.75) is 27.7 Å². The van der Waals surface area contributed by atoms with Crippen LogP contribution in [0.25, 0.3) is 0 Å². The lowest BCUT2D eigenvalue weighted by molar-refractivity contribution is -0.158. The highest BCUT2D eigenvalue weighted by Gasteiger charge is 2.46. The number of imide groups is 1. The number of Topliss-reactive ketones (excluding diaryl/α,β-unsaturated/α-hetero) is 1. The van der Waals surface area contributed by atoms with Crippen LogP contribution in [0.5, 0.6) is 0 Å². The maximum atomic E-state index is 12.1. The van der Waals surface area contributed by atoms with Gasteiger partial charge in [0.25, 0.3) is 0 Å². The Kier molecular flexibility index (Phi) is 4.12. The van der Waals surface area contributed by atoms with E-state index in [9.17, 15) is 19.2 Å². The summed E-state index contributed by atoms with van der Waals surface area (Å²) in [4.78, 5) is 48.2. The molecule has 6 heteroatoms. The summed E-state index contributed by atoms with van der Waals surface area (Å²) in [6, 6.07) is 0. The number of methoxy groups -OCH3 is 1. The minimum Gasteiger partial charge on any atom is -0.468 e. The Labute approximate surface area is 112 Å². The highest BCUT2D eigenvalue weighted by atomic mass is 16.5. The predicted octanol–water partition coefficient (Wildman–Crippen LogP) is 0.396. The lowest BCUT2D eigenvalue weighted by Gasteiger charge is -2.23. The topological polar surface area (TPSA) is 80.8 Å². The van der Waals surface area contributed by atoms with Crippen molar-refractivity contribution in [2.75, 3.05) is 13.7 Å². The van der Waals surface area contributed by atoms with Gasteiger partial charge in [-0.2, -0.15) is 0 Å². The third kappa shape index (κ3) is 2.52. The molecule has 1 aliphatic heterocycles. The van der Waals surface area contributed by atoms with Crippen molar-refractivity contribution in [3.8, 4) is 0 Å². The van der Waals surface area contributed by atoms with Crippen LogP contribution in [-0.2, 0) is 23.9 Å². The third-order valence-corrected chi connectivity index (χ3v) is 3.76. The molecule has 1 saturated heterocycles. The van der Waals surface area contributed by atoms with E-state index in [2.05, 4.69) is 4.74 Å². The lowest BCUT2D eigenvalue weighted by Crippen LogP contribution is -2.44. The molecule has 0 aliphatic carbocycles. The summed E-state index contributed by atoms with van der Waals surface area (Å²) < 4.78 is 4.55. The van der Waals surface area contributed by atoms with Gasteiger partial charge in [-0.1, -0.05) is 13.8 Å². The lowest BCUT2D eigenvalue weighted by atomic mass is 9.88. The summed E-state index contributed by atoms with van der Waals surface area (Å²) in [7, 11) is 1.19. The molecule has 0 aromatic carbocycles. The molecule has 2 unspecified atom stereocenters. The van der Waals surface area contributed by atoms with Gasteiger partial charge in [0.1, 0.15) is 5.41 Å². The van der Waals surface area contributed by atoms with E-state index in [0.29, 0.717) is 0 Å². The fourth-order valence-corrected chi connectivity index (χ4v) is 1.89. The molecule has 19 heavy (non-hydrogen) atoms. The first-order valence-electron chi connectivity index (χ1n) is 6.11. The highest BCUT2D eigenvalue weighted by molar-refractivity contribution is 6.10. The molecule has 0 bridgehead atoms. The fraction of sp³-hybridized carbons (Fsp3) is 0.692. The number of rotatable bonds is 4. The number of hydrogen-bond acceptors (Lipinski definition) is 5. The Bertz CT molecular complexity index is 420. The number of carbonyl (C=O) groups is 4. The van der Waals surface area contributed by atoms with E-state index < -0.39 is 29.0 Å². The summed E-state index contributed by atoms with van der Waals surface area (Å²) in [5, 5.41) is 0. The minimum atomic E-state index is -1.37. The second-order valence-corrected chi connectivity index (χ2v) is 5.38. The van der Waals surface area contributed by atoms with Crippen molar-refractivity contribution >= 4 is 23.6 Å². The van der Waals surface area contributed by atoms with Gasteiger partial charge < -0.3 is 4.74 Å². The van der Waals surface area contributed by atoms with Crippen LogP contribution in [0, 0.1) is 17.3 Å². The Morgan fingerprint density at radius 3 is 1.95 bits per heavy atom. The quantitative estimate of drug-likeness (QED) is 0.419. The molecule has 1 rings (SSSR count). The number of esters is 1. The van der Waals surface area contributed by atoms with Gasteiger partial charge in [-0.15, -0.1) is 0 Å². The first kappa shape index (κ1) is 15.3. The molecule has 2 atom stereocenters. The fourth-order valence-electron chi connectivity index (χ4n) is 1.89. The molecule has 0 aromatic rings. The van der Waals surface area contributed by atoms with Crippen molar-refractivity contribution in [3.05, 3.63) is 0 Å². The summed E-state index contributed by atoms with van der Waals surface area (Å²) in [5.41, 5.74) is -1.37. The first-order chi connectivity index (χ1) is 8.64. The van der Waals surface area contributed by atoms with Crippen LogP contribution < -0.4 is 0 Å². The molecule has 0 aromatic heterocycles. The van der Waals surface area contributed by atoms with Crippen LogP contribution in [0.4, 0.5) is 0 Å². The second-order valence-electron chi connectivity index (χ2n) is 5.38. The van der Waals surface area contributed by atoms with Crippen LogP contribution in [0.2, 0.25) is 0 Å². The zero-order chi connectivity index (χ0) is 15.0. The van der Waals surface area contributed by atoms with Crippen LogP contribution in [0.15, 0.2) is 0 Å². The smallest absolute Gasteiger partial charge is 0.318 e. The molecular formula is C13H19NO5. The molecule has 1 fully saturated rings. The van der Waals surface area contributed by atoms with Crippen LogP contribution in [-0.4, -0.2) is 42.1 Å². The molecule has 0 saturated carbocycles. The Hall–Kier alpha value is -1.72. The van der Waals surface area contributed by atoms with Crippen molar-refractivity contribution in [3.63, 3.8) is 0 Å². The van der Waals surface area contributed by atoms with E-state index in [-0.39, 0.29) is 18.4 Å². The summed E-state index contributed by atoms with van der Waals surface area (Å²) >= 11 is 0. The summed E-state index contributed by atoms with van der Waals surface area (Å²) in [5.74, 6) is -2.79. The SMILES string of the molecule is COC(=O)C(C)(C)C(=O)CN1C(=O)C(C)C(C)C1=O. The number of likely N-dealkylation sites (tertiary alicyclic amines) is 1. The largest absolute Gasteiger partial charge is 0.468 e. The standard InChI is InChI=1S/C13H19NO5/c1-7-8(2)11(17)14(10(7)16)6-9(15)13(3,4)12(18)19-5/h7-8H,6H2,1-5H3. The van der Waals surface area contributed by atoms with Crippen molar-refractivity contribution in [1.29, 1.82) is 0 Å². The summed E-state index contributed by atoms with van der Waals surface area (Å²) in [6.07, 6.45) is 0. The number of ether oxygens (including phenoxy) is 1. The summed E-state index contributed by atoms with van der Waals surface area (Å²) in [6.45, 7) is 5.76. The third-order valence-electron chi connectivity index (χ3n) is 3.76. The molecule has 106 valence electrons. The average Bonchev–Trinajstić information content (AvgIpc) is 2.55. The van der Waals surface area contributed by atoms with Gasteiger partial charge in [0.2, 0.25) is 11.8 Å². The van der Waals surface area contributed by atoms with Gasteiger partial charge in [-0.25, -0.2) is 0 Å². The molecule has 1 heterocycles. The van der Waals surface area contributed by atoms with Gasteiger partial charge in [0, 0.05) is 11.8 Å². The van der Waals surface area contributed by atoms with Gasteiger partial charge in [-0.3, -0.25) is 24.1 Å². The van der Waals surface area contributed by atoms with E-state index in [0.717, 1.165) is 4.90 Å². The van der Waals surface area contributed by atoms with Crippen LogP contribution >= 0.6 is 0 Å². The zero-order valence-corrected chi connectivity index (χ0v) is 11.9. The van der Waals surface area contributed by atoms with E-state index in [1.54, 1.807) is 13.8 Å². The second kappa shape index (κ2) is 5.11. The number of hydrogen-bond donors (Lipinski definition) is 0. The van der Waals surface area contributed by atoms with E-state index >= 15 is 0 Å². The Balaban J connectivity index is 2.87. The highest BCUT2D eigenvalue weighted by Crippen LogP contribution is 2.27. The van der Waals surface area contributed by atoms with Crippen LogP contribution in [0.3, 0.4) is 0 Å². The number of nitrogens with zero attached hydrogens (tertiary/aromatic N) is 1. The van der Waals surface area contributed by atoms with Crippen molar-refractivity contribution in [2.24, 2.45) is 17.3 Å². The zero-order valence-electron chi connectivity index (χ0n) is 11.9.